The number of nitrogens with two attached hydrogens (primary N) is 1. The zero-order valence-corrected chi connectivity index (χ0v) is 13.4. The average Bonchev–Trinajstić information content (AvgIpc) is 2.80. The molecule has 0 aromatic carbocycles. The lowest BCUT2D eigenvalue weighted by molar-refractivity contribution is -0.147. The highest BCUT2D eigenvalue weighted by Gasteiger charge is 2.24. The van der Waals surface area contributed by atoms with Crippen LogP contribution < -0.4 is 11.3 Å². The molecule has 7 nitrogen and oxygen atoms in total. The molecule has 0 spiro atoms. The van der Waals surface area contributed by atoms with Crippen LogP contribution in [0.25, 0.3) is 10.2 Å². The molecule has 2 aromatic rings. The first-order chi connectivity index (χ1) is 10.4. The van der Waals surface area contributed by atoms with E-state index in [0.717, 1.165) is 11.3 Å². The minimum Gasteiger partial charge on any atom is -0.464 e. The molecular weight excluding hydrogens is 306 g/mol. The largest absolute Gasteiger partial charge is 0.464 e. The summed E-state index contributed by atoms with van der Waals surface area (Å²) in [5, 5.41) is 0.323. The summed E-state index contributed by atoms with van der Waals surface area (Å²) in [6.45, 7) is 5.38. The van der Waals surface area contributed by atoms with E-state index in [4.69, 9.17) is 10.5 Å². The Balaban J connectivity index is 2.64. The monoisotopic (exact) mass is 323 g/mol. The maximum Gasteiger partial charge on any atom is 0.329 e. The van der Waals surface area contributed by atoms with Crippen LogP contribution in [0, 0.1) is 6.92 Å². The van der Waals surface area contributed by atoms with Crippen LogP contribution >= 0.6 is 11.3 Å². The molecule has 22 heavy (non-hydrogen) atoms. The fraction of sp³-hybridized carbons (Fsp3) is 0.429. The smallest absolute Gasteiger partial charge is 0.329 e. The second-order valence-electron chi connectivity index (χ2n) is 4.73. The van der Waals surface area contributed by atoms with Gasteiger partial charge in [0.15, 0.2) is 0 Å². The molecule has 0 saturated carbocycles. The molecule has 118 valence electrons. The SMILES string of the molecule is CCOC(=O)C(CC)n1cnc2sc(C(N)=O)c(C)c2c1=O. The van der Waals surface area contributed by atoms with Gasteiger partial charge < -0.3 is 10.5 Å². The highest BCUT2D eigenvalue weighted by molar-refractivity contribution is 7.20. The van der Waals surface area contributed by atoms with Crippen LogP contribution in [-0.2, 0) is 9.53 Å². The summed E-state index contributed by atoms with van der Waals surface area (Å²) >= 11 is 1.08. The number of carbonyl (C=O) groups excluding carboxylic acids is 2. The van der Waals surface area contributed by atoms with Gasteiger partial charge in [0.05, 0.1) is 23.2 Å². The summed E-state index contributed by atoms with van der Waals surface area (Å²) in [6.07, 6.45) is 1.72. The predicted molar refractivity (Wildman–Crippen MR) is 83.1 cm³/mol. The zero-order chi connectivity index (χ0) is 16.4. The molecule has 0 aliphatic heterocycles. The molecule has 0 fully saturated rings. The van der Waals surface area contributed by atoms with E-state index in [1.165, 1.54) is 10.9 Å². The van der Waals surface area contributed by atoms with Gasteiger partial charge in [-0.25, -0.2) is 9.78 Å². The third kappa shape index (κ3) is 2.61. The molecule has 0 saturated heterocycles. The third-order valence-corrected chi connectivity index (χ3v) is 4.60. The first-order valence-corrected chi connectivity index (χ1v) is 7.70. The number of amides is 1. The molecular formula is C14H17N3O4S. The molecule has 2 heterocycles. The first-order valence-electron chi connectivity index (χ1n) is 6.89. The zero-order valence-electron chi connectivity index (χ0n) is 12.6. The molecule has 2 N–H and O–H groups in total. The number of nitrogens with zero attached hydrogens (tertiary/aromatic N) is 2. The van der Waals surface area contributed by atoms with Gasteiger partial charge in [0.1, 0.15) is 10.9 Å². The van der Waals surface area contributed by atoms with Crippen molar-refractivity contribution in [3.8, 4) is 0 Å². The van der Waals surface area contributed by atoms with Crippen LogP contribution in [0.15, 0.2) is 11.1 Å². The van der Waals surface area contributed by atoms with E-state index in [-0.39, 0.29) is 12.2 Å². The Morgan fingerprint density at radius 1 is 1.45 bits per heavy atom. The van der Waals surface area contributed by atoms with Crippen LogP contribution in [0.5, 0.6) is 0 Å². The number of hydrogen-bond donors (Lipinski definition) is 1. The fourth-order valence-electron chi connectivity index (χ4n) is 2.31. The number of aryl methyl sites for hydroxylation is 1. The minimum absolute atomic E-state index is 0.239. The van der Waals surface area contributed by atoms with Gasteiger partial charge in [0.2, 0.25) is 0 Å². The van der Waals surface area contributed by atoms with Crippen molar-refractivity contribution < 1.29 is 14.3 Å². The van der Waals surface area contributed by atoms with Gasteiger partial charge in [-0.3, -0.25) is 14.2 Å². The van der Waals surface area contributed by atoms with Crippen molar-refractivity contribution in [2.75, 3.05) is 6.61 Å². The highest BCUT2D eigenvalue weighted by atomic mass is 32.1. The van der Waals surface area contributed by atoms with Crippen molar-refractivity contribution in [2.24, 2.45) is 5.73 Å². The fourth-order valence-corrected chi connectivity index (χ4v) is 3.30. The molecule has 0 aliphatic rings. The van der Waals surface area contributed by atoms with Gasteiger partial charge in [0.25, 0.3) is 11.5 Å². The van der Waals surface area contributed by atoms with Gasteiger partial charge in [-0.2, -0.15) is 0 Å². The second kappa shape index (κ2) is 6.27. The van der Waals surface area contributed by atoms with E-state index < -0.39 is 17.9 Å². The number of hydrogen-bond acceptors (Lipinski definition) is 6. The van der Waals surface area contributed by atoms with E-state index in [0.29, 0.717) is 27.1 Å². The summed E-state index contributed by atoms with van der Waals surface area (Å²) in [5.74, 6) is -1.07. The number of aromatic nitrogens is 2. The Bertz CT molecular complexity index is 793. The maximum absolute atomic E-state index is 12.7. The van der Waals surface area contributed by atoms with Crippen LogP contribution in [0.1, 0.15) is 41.5 Å². The lowest BCUT2D eigenvalue weighted by Gasteiger charge is -2.16. The van der Waals surface area contributed by atoms with E-state index in [9.17, 15) is 14.4 Å². The van der Waals surface area contributed by atoms with Crippen molar-refractivity contribution in [1.82, 2.24) is 9.55 Å². The molecule has 0 aliphatic carbocycles. The first kappa shape index (κ1) is 16.2. The summed E-state index contributed by atoms with van der Waals surface area (Å²) in [7, 11) is 0. The van der Waals surface area contributed by atoms with E-state index in [1.54, 1.807) is 20.8 Å². The Kier molecular flexibility index (Phi) is 4.60. The number of rotatable bonds is 5. The van der Waals surface area contributed by atoms with Crippen molar-refractivity contribution >= 4 is 33.4 Å². The molecule has 2 aromatic heterocycles. The van der Waals surface area contributed by atoms with Gasteiger partial charge in [-0.1, -0.05) is 6.92 Å². The number of fused-ring (bicyclic) bond motifs is 1. The summed E-state index contributed by atoms with van der Waals surface area (Å²) in [6, 6.07) is -0.735. The lowest BCUT2D eigenvalue weighted by atomic mass is 10.2. The summed E-state index contributed by atoms with van der Waals surface area (Å²) in [4.78, 5) is 41.0. The van der Waals surface area contributed by atoms with Crippen LogP contribution in [0.3, 0.4) is 0 Å². The van der Waals surface area contributed by atoms with E-state index >= 15 is 0 Å². The van der Waals surface area contributed by atoms with Crippen molar-refractivity contribution in [2.45, 2.75) is 33.2 Å². The number of primary amides is 1. The Hall–Kier alpha value is -2.22. The number of ether oxygens (including phenoxy) is 1. The third-order valence-electron chi connectivity index (χ3n) is 3.38. The quantitative estimate of drug-likeness (QED) is 0.837. The Labute approximate surface area is 130 Å². The number of esters is 1. The molecule has 1 atom stereocenters. The maximum atomic E-state index is 12.7. The van der Waals surface area contributed by atoms with Gasteiger partial charge in [-0.05, 0) is 25.8 Å². The van der Waals surface area contributed by atoms with E-state index in [1.807, 2.05) is 0 Å². The van der Waals surface area contributed by atoms with Gasteiger partial charge in [0, 0.05) is 0 Å². The predicted octanol–water partition coefficient (Wildman–Crippen LogP) is 1.38. The minimum atomic E-state index is -0.735. The van der Waals surface area contributed by atoms with E-state index in [2.05, 4.69) is 4.98 Å². The normalized spacial score (nSPS) is 12.3. The molecule has 1 unspecified atom stereocenters. The average molecular weight is 323 g/mol. The highest BCUT2D eigenvalue weighted by Crippen LogP contribution is 2.26. The van der Waals surface area contributed by atoms with Crippen molar-refractivity contribution in [1.29, 1.82) is 0 Å². The molecule has 1 amide bonds. The molecule has 2 rings (SSSR count). The van der Waals surface area contributed by atoms with Gasteiger partial charge >= 0.3 is 5.97 Å². The summed E-state index contributed by atoms with van der Waals surface area (Å²) < 4.78 is 6.25. The van der Waals surface area contributed by atoms with Crippen molar-refractivity contribution in [3.63, 3.8) is 0 Å². The van der Waals surface area contributed by atoms with Gasteiger partial charge in [-0.15, -0.1) is 11.3 Å². The molecule has 0 radical (unpaired) electrons. The van der Waals surface area contributed by atoms with Crippen LogP contribution in [-0.4, -0.2) is 28.0 Å². The number of carbonyl (C=O) groups is 2. The standard InChI is InChI=1S/C14H17N3O4S/c1-4-8(14(20)21-5-2)17-6-16-12-9(13(17)19)7(3)10(22-12)11(15)18/h6,8H,4-5H2,1-3H3,(H2,15,18). The van der Waals surface area contributed by atoms with Crippen LogP contribution in [0.4, 0.5) is 0 Å². The Morgan fingerprint density at radius 2 is 2.14 bits per heavy atom. The lowest BCUT2D eigenvalue weighted by Crippen LogP contribution is -2.31. The molecule has 0 bridgehead atoms. The molecule has 8 heteroatoms. The van der Waals surface area contributed by atoms with Crippen molar-refractivity contribution in [3.05, 3.63) is 27.1 Å². The topological polar surface area (TPSA) is 104 Å². The second-order valence-corrected chi connectivity index (χ2v) is 5.73. The summed E-state index contributed by atoms with van der Waals surface area (Å²) in [5.41, 5.74) is 5.43. The number of thiophene rings is 1. The van der Waals surface area contributed by atoms with Crippen LogP contribution in [0.2, 0.25) is 0 Å². The Morgan fingerprint density at radius 3 is 2.68 bits per heavy atom.